The largest absolute Gasteiger partial charge is 0.454 e. The number of aromatic nitrogens is 1. The van der Waals surface area contributed by atoms with Gasteiger partial charge in [0.15, 0.2) is 5.58 Å². The third-order valence-corrected chi connectivity index (χ3v) is 5.37. The standard InChI is InChI=1S/C23H21NO/c1-23(2,3)14-9-12-20-18(13-14)17-11-10-16-15-7-5-6-8-19(15)24(4)21(16)22(17)25-20/h5-13H,1-4H3. The van der Waals surface area contributed by atoms with Gasteiger partial charge in [0.05, 0.1) is 5.52 Å². The summed E-state index contributed by atoms with van der Waals surface area (Å²) in [5.41, 5.74) is 5.81. The monoisotopic (exact) mass is 327 g/mol. The van der Waals surface area contributed by atoms with Gasteiger partial charge in [0, 0.05) is 34.1 Å². The maximum Gasteiger partial charge on any atom is 0.159 e. The maximum absolute atomic E-state index is 6.32. The molecule has 0 bridgehead atoms. The molecule has 0 fully saturated rings. The van der Waals surface area contributed by atoms with Crippen molar-refractivity contribution in [3.8, 4) is 0 Å². The Kier molecular flexibility index (Phi) is 2.72. The van der Waals surface area contributed by atoms with Crippen molar-refractivity contribution in [3.63, 3.8) is 0 Å². The SMILES string of the molecule is Cn1c2ccccc2c2ccc3c4cc(C(C)(C)C)ccc4oc3c21. The summed E-state index contributed by atoms with van der Waals surface area (Å²) in [5.74, 6) is 0. The van der Waals surface area contributed by atoms with Gasteiger partial charge in [0.1, 0.15) is 5.58 Å². The number of nitrogens with zero attached hydrogens (tertiary/aromatic N) is 1. The Morgan fingerprint density at radius 2 is 1.56 bits per heavy atom. The highest BCUT2D eigenvalue weighted by Crippen LogP contribution is 2.39. The van der Waals surface area contributed by atoms with Crippen LogP contribution in [0.5, 0.6) is 0 Å². The fourth-order valence-electron chi connectivity index (χ4n) is 3.96. The van der Waals surface area contributed by atoms with Crippen molar-refractivity contribution in [1.82, 2.24) is 4.57 Å². The zero-order valence-electron chi connectivity index (χ0n) is 15.1. The fraction of sp³-hybridized carbons (Fsp3) is 0.217. The van der Waals surface area contributed by atoms with Crippen molar-refractivity contribution in [2.45, 2.75) is 26.2 Å². The first kappa shape index (κ1) is 14.6. The van der Waals surface area contributed by atoms with Crippen LogP contribution >= 0.6 is 0 Å². The third-order valence-electron chi connectivity index (χ3n) is 5.37. The predicted molar refractivity (Wildman–Crippen MR) is 106 cm³/mol. The van der Waals surface area contributed by atoms with E-state index in [-0.39, 0.29) is 5.41 Å². The van der Waals surface area contributed by atoms with Crippen molar-refractivity contribution in [2.75, 3.05) is 0 Å². The molecular formula is C23H21NO. The summed E-state index contributed by atoms with van der Waals surface area (Å²) >= 11 is 0. The van der Waals surface area contributed by atoms with Crippen molar-refractivity contribution < 1.29 is 4.42 Å². The minimum absolute atomic E-state index is 0.127. The zero-order chi connectivity index (χ0) is 17.3. The average molecular weight is 327 g/mol. The van der Waals surface area contributed by atoms with Crippen LogP contribution in [0.4, 0.5) is 0 Å². The van der Waals surface area contributed by atoms with Crippen LogP contribution in [-0.4, -0.2) is 4.57 Å². The van der Waals surface area contributed by atoms with Gasteiger partial charge in [0.2, 0.25) is 0 Å². The highest BCUT2D eigenvalue weighted by atomic mass is 16.3. The van der Waals surface area contributed by atoms with E-state index in [1.165, 1.54) is 38.1 Å². The number of para-hydroxylation sites is 1. The molecule has 0 amide bonds. The van der Waals surface area contributed by atoms with Crippen LogP contribution in [0, 0.1) is 0 Å². The summed E-state index contributed by atoms with van der Waals surface area (Å²) in [5, 5.41) is 4.92. The number of rotatable bonds is 0. The van der Waals surface area contributed by atoms with Gasteiger partial charge in [-0.15, -0.1) is 0 Å². The van der Waals surface area contributed by atoms with E-state index in [1.54, 1.807) is 0 Å². The van der Waals surface area contributed by atoms with Gasteiger partial charge in [-0.2, -0.15) is 0 Å². The van der Waals surface area contributed by atoms with Crippen LogP contribution in [0.1, 0.15) is 26.3 Å². The van der Waals surface area contributed by atoms with E-state index in [1.807, 2.05) is 0 Å². The van der Waals surface area contributed by atoms with E-state index >= 15 is 0 Å². The smallest absolute Gasteiger partial charge is 0.159 e. The zero-order valence-corrected chi connectivity index (χ0v) is 15.1. The Morgan fingerprint density at radius 1 is 0.800 bits per heavy atom. The van der Waals surface area contributed by atoms with Crippen LogP contribution in [0.15, 0.2) is 59.0 Å². The Balaban J connectivity index is 1.97. The second-order valence-electron chi connectivity index (χ2n) is 7.98. The van der Waals surface area contributed by atoms with Gasteiger partial charge in [-0.1, -0.05) is 51.1 Å². The minimum Gasteiger partial charge on any atom is -0.454 e. The minimum atomic E-state index is 0.127. The molecular weight excluding hydrogens is 306 g/mol. The van der Waals surface area contributed by atoms with Gasteiger partial charge >= 0.3 is 0 Å². The van der Waals surface area contributed by atoms with Gasteiger partial charge in [-0.25, -0.2) is 0 Å². The molecule has 0 radical (unpaired) electrons. The molecule has 0 atom stereocenters. The molecule has 0 saturated heterocycles. The van der Waals surface area contributed by atoms with Crippen molar-refractivity contribution in [2.24, 2.45) is 7.05 Å². The molecule has 2 heteroatoms. The van der Waals surface area contributed by atoms with E-state index in [0.717, 1.165) is 11.2 Å². The van der Waals surface area contributed by atoms with Gasteiger partial charge in [0.25, 0.3) is 0 Å². The summed E-state index contributed by atoms with van der Waals surface area (Å²) in [7, 11) is 2.12. The first-order valence-corrected chi connectivity index (χ1v) is 8.78. The number of aryl methyl sites for hydroxylation is 1. The summed E-state index contributed by atoms with van der Waals surface area (Å²) in [6.45, 7) is 6.75. The molecule has 2 heterocycles. The Labute approximate surface area is 146 Å². The molecule has 124 valence electrons. The lowest BCUT2D eigenvalue weighted by atomic mass is 9.86. The lowest BCUT2D eigenvalue weighted by Crippen LogP contribution is -2.10. The fourth-order valence-corrected chi connectivity index (χ4v) is 3.96. The van der Waals surface area contributed by atoms with E-state index in [0.29, 0.717) is 0 Å². The molecule has 2 aromatic heterocycles. The number of hydrogen-bond acceptors (Lipinski definition) is 1. The number of furan rings is 1. The molecule has 0 aliphatic carbocycles. The van der Waals surface area contributed by atoms with Crippen molar-refractivity contribution in [1.29, 1.82) is 0 Å². The predicted octanol–water partition coefficient (Wildman–Crippen LogP) is 6.53. The molecule has 0 unspecified atom stereocenters. The van der Waals surface area contributed by atoms with E-state index in [4.69, 9.17) is 4.42 Å². The lowest BCUT2D eigenvalue weighted by Gasteiger charge is -2.18. The summed E-state index contributed by atoms with van der Waals surface area (Å²) < 4.78 is 8.57. The number of benzene rings is 3. The topological polar surface area (TPSA) is 18.1 Å². The van der Waals surface area contributed by atoms with E-state index < -0.39 is 0 Å². The molecule has 0 saturated carbocycles. The Hall–Kier alpha value is -2.74. The van der Waals surface area contributed by atoms with Gasteiger partial charge in [-0.3, -0.25) is 0 Å². The highest BCUT2D eigenvalue weighted by molar-refractivity contribution is 6.20. The van der Waals surface area contributed by atoms with Crippen LogP contribution < -0.4 is 0 Å². The first-order valence-electron chi connectivity index (χ1n) is 8.78. The average Bonchev–Trinajstić information content (AvgIpc) is 3.10. The van der Waals surface area contributed by atoms with E-state index in [9.17, 15) is 0 Å². The third kappa shape index (κ3) is 1.91. The van der Waals surface area contributed by atoms with Gasteiger partial charge < -0.3 is 8.98 Å². The quantitative estimate of drug-likeness (QED) is 0.316. The van der Waals surface area contributed by atoms with Crippen LogP contribution in [-0.2, 0) is 12.5 Å². The molecule has 25 heavy (non-hydrogen) atoms. The Bertz CT molecular complexity index is 1280. The second kappa shape index (κ2) is 4.66. The highest BCUT2D eigenvalue weighted by Gasteiger charge is 2.19. The van der Waals surface area contributed by atoms with Crippen LogP contribution in [0.2, 0.25) is 0 Å². The van der Waals surface area contributed by atoms with Crippen molar-refractivity contribution >= 4 is 43.7 Å². The molecule has 2 nitrogen and oxygen atoms in total. The molecule has 5 rings (SSSR count). The number of hydrogen-bond donors (Lipinski definition) is 0. The summed E-state index contributed by atoms with van der Waals surface area (Å²) in [6.07, 6.45) is 0. The van der Waals surface area contributed by atoms with Crippen LogP contribution in [0.25, 0.3) is 43.7 Å². The first-order chi connectivity index (χ1) is 11.9. The summed E-state index contributed by atoms with van der Waals surface area (Å²) in [6, 6.07) is 19.6. The molecule has 0 spiro atoms. The van der Waals surface area contributed by atoms with E-state index in [2.05, 4.69) is 87.0 Å². The maximum atomic E-state index is 6.32. The van der Waals surface area contributed by atoms with Crippen molar-refractivity contribution in [3.05, 3.63) is 60.2 Å². The molecule has 5 aromatic rings. The molecule has 0 aliphatic heterocycles. The molecule has 0 aliphatic rings. The second-order valence-corrected chi connectivity index (χ2v) is 7.98. The van der Waals surface area contributed by atoms with Crippen LogP contribution in [0.3, 0.4) is 0 Å². The Morgan fingerprint density at radius 3 is 2.36 bits per heavy atom. The molecule has 0 N–H and O–H groups in total. The van der Waals surface area contributed by atoms with Gasteiger partial charge in [-0.05, 0) is 35.2 Å². The summed E-state index contributed by atoms with van der Waals surface area (Å²) in [4.78, 5) is 0. The molecule has 3 aromatic carbocycles. The number of fused-ring (bicyclic) bond motifs is 7. The lowest BCUT2D eigenvalue weighted by molar-refractivity contribution is 0.590. The normalized spacial score (nSPS) is 12.8.